The minimum absolute atomic E-state index is 0.0829. The van der Waals surface area contributed by atoms with Gasteiger partial charge in [-0.15, -0.1) is 0 Å². The van der Waals surface area contributed by atoms with E-state index in [-0.39, 0.29) is 36.2 Å². The van der Waals surface area contributed by atoms with E-state index in [0.717, 1.165) is 45.3 Å². The molecule has 0 saturated carbocycles. The molecule has 1 atom stereocenters. The highest BCUT2D eigenvalue weighted by Gasteiger charge is 2.37. The third-order valence-corrected chi connectivity index (χ3v) is 7.05. The molecule has 1 N–H and O–H groups in total. The first-order valence-electron chi connectivity index (χ1n) is 12.4. The summed E-state index contributed by atoms with van der Waals surface area (Å²) < 4.78 is 1.49. The van der Waals surface area contributed by atoms with Gasteiger partial charge in [-0.2, -0.15) is 15.0 Å². The van der Waals surface area contributed by atoms with Crippen molar-refractivity contribution in [2.75, 3.05) is 16.8 Å². The summed E-state index contributed by atoms with van der Waals surface area (Å²) in [7, 11) is 0. The average molecular weight is 493 g/mol. The smallest absolute Gasteiger partial charge is 0.231 e. The van der Waals surface area contributed by atoms with Gasteiger partial charge >= 0.3 is 0 Å². The molecule has 5 rings (SSSR count). The lowest BCUT2D eigenvalue weighted by molar-refractivity contribution is -0.122. The molecule has 0 spiro atoms. The van der Waals surface area contributed by atoms with E-state index in [1.807, 2.05) is 63.2 Å². The number of nitrogens with one attached hydrogen (secondary N) is 1. The maximum atomic E-state index is 13.4. The number of amides is 2. The van der Waals surface area contributed by atoms with Crippen LogP contribution in [0.1, 0.15) is 41.2 Å². The monoisotopic (exact) mass is 492 g/mol. The molecule has 2 aromatic carbocycles. The number of fused-ring (bicyclic) bond motifs is 1. The van der Waals surface area contributed by atoms with Gasteiger partial charge < -0.3 is 10.2 Å². The van der Waals surface area contributed by atoms with Crippen molar-refractivity contribution in [3.8, 4) is 11.9 Å². The summed E-state index contributed by atoms with van der Waals surface area (Å²) in [6, 6.07) is 16.0. The number of hydrogen-bond acceptors (Lipinski definition) is 5. The van der Waals surface area contributed by atoms with Crippen molar-refractivity contribution in [3.63, 3.8) is 0 Å². The SMILES string of the molecule is CCc1cccc(C)c1N1CC(C(=O)Nc2c(C#N)cnn2-c2cc(C)c3cccc(C)c3n2)CC1=O. The van der Waals surface area contributed by atoms with E-state index in [9.17, 15) is 14.9 Å². The van der Waals surface area contributed by atoms with Crippen molar-refractivity contribution in [1.29, 1.82) is 5.26 Å². The van der Waals surface area contributed by atoms with Gasteiger partial charge in [0.1, 0.15) is 11.6 Å². The highest BCUT2D eigenvalue weighted by Crippen LogP contribution is 2.32. The van der Waals surface area contributed by atoms with Gasteiger partial charge in [-0.05, 0) is 55.5 Å². The Hall–Kier alpha value is -4.51. The highest BCUT2D eigenvalue weighted by molar-refractivity contribution is 6.04. The van der Waals surface area contributed by atoms with Crippen LogP contribution in [-0.2, 0) is 16.0 Å². The minimum atomic E-state index is -0.555. The van der Waals surface area contributed by atoms with Crippen LogP contribution in [0.4, 0.5) is 11.5 Å². The molecule has 1 saturated heterocycles. The Morgan fingerprint density at radius 1 is 1.14 bits per heavy atom. The van der Waals surface area contributed by atoms with Gasteiger partial charge in [0.25, 0.3) is 0 Å². The van der Waals surface area contributed by atoms with Crippen LogP contribution in [0.15, 0.2) is 48.7 Å². The van der Waals surface area contributed by atoms with Crippen LogP contribution in [-0.4, -0.2) is 33.1 Å². The number of aromatic nitrogens is 3. The highest BCUT2D eigenvalue weighted by atomic mass is 16.2. The van der Waals surface area contributed by atoms with E-state index in [1.165, 1.54) is 10.9 Å². The zero-order valence-electron chi connectivity index (χ0n) is 21.4. The lowest BCUT2D eigenvalue weighted by Gasteiger charge is -2.22. The summed E-state index contributed by atoms with van der Waals surface area (Å²) in [4.78, 5) is 32.9. The molecule has 2 amide bonds. The molecule has 0 bridgehead atoms. The molecule has 8 heteroatoms. The van der Waals surface area contributed by atoms with E-state index in [4.69, 9.17) is 4.98 Å². The Morgan fingerprint density at radius 2 is 1.89 bits per heavy atom. The van der Waals surface area contributed by atoms with Crippen LogP contribution in [0.5, 0.6) is 0 Å². The molecular weight excluding hydrogens is 464 g/mol. The fourth-order valence-electron chi connectivity index (χ4n) is 5.09. The van der Waals surface area contributed by atoms with Gasteiger partial charge in [0, 0.05) is 24.0 Å². The second kappa shape index (κ2) is 9.51. The molecule has 2 aromatic heterocycles. The third kappa shape index (κ3) is 4.23. The summed E-state index contributed by atoms with van der Waals surface area (Å²) in [5.41, 5.74) is 6.07. The van der Waals surface area contributed by atoms with Gasteiger partial charge in [-0.3, -0.25) is 9.59 Å². The fourth-order valence-corrected chi connectivity index (χ4v) is 5.09. The van der Waals surface area contributed by atoms with Crippen molar-refractivity contribution in [1.82, 2.24) is 14.8 Å². The number of para-hydroxylation sites is 2. The van der Waals surface area contributed by atoms with Gasteiger partial charge in [0.05, 0.1) is 17.6 Å². The lowest BCUT2D eigenvalue weighted by Crippen LogP contribution is -2.30. The van der Waals surface area contributed by atoms with Crippen LogP contribution < -0.4 is 10.2 Å². The Morgan fingerprint density at radius 3 is 2.65 bits per heavy atom. The quantitative estimate of drug-likeness (QED) is 0.432. The van der Waals surface area contributed by atoms with Crippen molar-refractivity contribution in [2.24, 2.45) is 5.92 Å². The van der Waals surface area contributed by atoms with Crippen molar-refractivity contribution >= 4 is 34.2 Å². The molecule has 1 unspecified atom stereocenters. The van der Waals surface area contributed by atoms with E-state index >= 15 is 0 Å². The second-order valence-electron chi connectivity index (χ2n) is 9.53. The number of benzene rings is 2. The third-order valence-electron chi connectivity index (χ3n) is 7.05. The Bertz CT molecular complexity index is 1600. The number of nitrogens with zero attached hydrogens (tertiary/aromatic N) is 5. The first kappa shape index (κ1) is 24.2. The van der Waals surface area contributed by atoms with Gasteiger partial charge in [0.2, 0.25) is 11.8 Å². The molecule has 4 aromatic rings. The van der Waals surface area contributed by atoms with Crippen molar-refractivity contribution in [2.45, 2.75) is 40.5 Å². The number of hydrogen-bond donors (Lipinski definition) is 1. The van der Waals surface area contributed by atoms with Gasteiger partial charge in [0.15, 0.2) is 11.6 Å². The summed E-state index contributed by atoms with van der Waals surface area (Å²) in [5.74, 6) is -0.203. The van der Waals surface area contributed by atoms with E-state index in [2.05, 4.69) is 23.4 Å². The van der Waals surface area contributed by atoms with E-state index < -0.39 is 5.92 Å². The molecule has 3 heterocycles. The number of pyridine rings is 1. The van der Waals surface area contributed by atoms with Crippen LogP contribution in [0.3, 0.4) is 0 Å². The number of carbonyl (C=O) groups excluding carboxylic acids is 2. The molecule has 37 heavy (non-hydrogen) atoms. The Balaban J connectivity index is 1.46. The molecule has 8 nitrogen and oxygen atoms in total. The van der Waals surface area contributed by atoms with E-state index in [1.54, 1.807) is 4.90 Å². The normalized spacial score (nSPS) is 15.3. The molecule has 1 aliphatic heterocycles. The number of rotatable bonds is 5. The number of carbonyl (C=O) groups is 2. The molecular formula is C29H28N6O2. The molecule has 0 radical (unpaired) electrons. The van der Waals surface area contributed by atoms with E-state index in [0.29, 0.717) is 5.82 Å². The zero-order chi connectivity index (χ0) is 26.3. The van der Waals surface area contributed by atoms with Crippen LogP contribution in [0.2, 0.25) is 0 Å². The fraction of sp³-hybridized carbons (Fsp3) is 0.276. The molecule has 186 valence electrons. The second-order valence-corrected chi connectivity index (χ2v) is 9.53. The largest absolute Gasteiger partial charge is 0.311 e. The van der Waals surface area contributed by atoms with Crippen LogP contribution in [0, 0.1) is 38.0 Å². The predicted molar refractivity (Wildman–Crippen MR) is 143 cm³/mol. The summed E-state index contributed by atoms with van der Waals surface area (Å²) in [5, 5.41) is 18.0. The first-order valence-corrected chi connectivity index (χ1v) is 12.4. The van der Waals surface area contributed by atoms with Crippen molar-refractivity contribution < 1.29 is 9.59 Å². The number of aryl methyl sites for hydroxylation is 4. The van der Waals surface area contributed by atoms with Gasteiger partial charge in [-0.1, -0.05) is 43.3 Å². The first-order chi connectivity index (χ1) is 17.8. The lowest BCUT2D eigenvalue weighted by atomic mass is 10.0. The number of nitriles is 1. The predicted octanol–water partition coefficient (Wildman–Crippen LogP) is 4.77. The Kier molecular flexibility index (Phi) is 6.22. The molecule has 1 fully saturated rings. The maximum Gasteiger partial charge on any atom is 0.231 e. The summed E-state index contributed by atoms with van der Waals surface area (Å²) >= 11 is 0. The standard InChI is InChI=1S/C29H28N6O2/c1-5-20-10-6-9-18(3)27(20)34-16-21(13-25(34)36)29(37)33-28-22(14-30)15-31-35(28)24-12-19(4)23-11-7-8-17(2)26(23)32-24/h6-12,15,21H,5,13,16H2,1-4H3,(H,33,37). The topological polar surface area (TPSA) is 104 Å². The van der Waals surface area contributed by atoms with Gasteiger partial charge in [-0.25, -0.2) is 4.98 Å². The minimum Gasteiger partial charge on any atom is -0.311 e. The summed E-state index contributed by atoms with van der Waals surface area (Å²) in [6.07, 6.45) is 2.31. The molecule has 1 aliphatic rings. The Labute approximate surface area is 215 Å². The zero-order valence-corrected chi connectivity index (χ0v) is 21.4. The molecule has 0 aliphatic carbocycles. The maximum absolute atomic E-state index is 13.4. The van der Waals surface area contributed by atoms with Crippen molar-refractivity contribution in [3.05, 3.63) is 76.5 Å². The number of anilines is 2. The van der Waals surface area contributed by atoms with Crippen LogP contribution >= 0.6 is 0 Å². The average Bonchev–Trinajstić information content (AvgIpc) is 3.47. The van der Waals surface area contributed by atoms with Crippen LogP contribution in [0.25, 0.3) is 16.7 Å². The summed E-state index contributed by atoms with van der Waals surface area (Å²) in [6.45, 7) is 8.30.